The van der Waals surface area contributed by atoms with Gasteiger partial charge in [0, 0.05) is 21.7 Å². The maximum Gasteiger partial charge on any atom is 2.00 e. The van der Waals surface area contributed by atoms with Crippen molar-refractivity contribution in [3.05, 3.63) is 0 Å². The molecule has 0 heterocycles. The third kappa shape index (κ3) is 48.1. The van der Waals surface area contributed by atoms with E-state index < -0.39 is 0 Å². The topological polar surface area (TPSA) is 120 Å². The van der Waals surface area contributed by atoms with Crippen LogP contribution in [0.5, 0.6) is 0 Å². The maximum atomic E-state index is 0. The summed E-state index contributed by atoms with van der Waals surface area (Å²) < 4.78 is 0. The molecule has 0 saturated carbocycles. The van der Waals surface area contributed by atoms with Gasteiger partial charge in [0.05, 0.1) is 0 Å². The minimum absolute atomic E-state index is 0. The fourth-order valence-corrected chi connectivity index (χ4v) is 0. The summed E-state index contributed by atoms with van der Waals surface area (Å²) in [5, 5.41) is 0. The van der Waals surface area contributed by atoms with Crippen molar-refractivity contribution in [2.45, 2.75) is 0 Å². The molecular formula is H4Ca2O4Ti. The number of hydrogen-bond donors (Lipinski definition) is 0. The predicted molar refractivity (Wildman–Crippen MR) is 19.3 cm³/mol. The summed E-state index contributed by atoms with van der Waals surface area (Å²) in [6.07, 6.45) is 0. The molecule has 4 nitrogen and oxygen atoms in total. The van der Waals surface area contributed by atoms with Gasteiger partial charge in [0.1, 0.15) is 0 Å². The second-order valence-electron chi connectivity index (χ2n) is 0. The molecule has 0 aliphatic carbocycles. The Balaban J connectivity index is 0. The van der Waals surface area contributed by atoms with Crippen molar-refractivity contribution in [2.24, 2.45) is 0 Å². The maximum absolute atomic E-state index is 0. The van der Waals surface area contributed by atoms with E-state index in [9.17, 15) is 0 Å². The molecule has 0 atom stereocenters. The van der Waals surface area contributed by atoms with Gasteiger partial charge in [-0.1, -0.05) is 0 Å². The Morgan fingerprint density at radius 3 is 0.429 bits per heavy atom. The second-order valence-corrected chi connectivity index (χ2v) is 0. The van der Waals surface area contributed by atoms with Gasteiger partial charge in [-0.25, -0.2) is 0 Å². The first-order valence-electron chi connectivity index (χ1n) is 0. The van der Waals surface area contributed by atoms with Crippen LogP contribution >= 0.6 is 0 Å². The average Bonchev–Trinajstić information content (AvgIpc) is 0. The largest absolute Gasteiger partial charge is 2.00 e. The van der Waals surface area contributed by atoms with Crippen LogP contribution in [-0.2, 0) is 21.7 Å². The van der Waals surface area contributed by atoms with Crippen LogP contribution in [0, 0.1) is 0 Å². The monoisotopic (exact) mass is 196 g/mol. The van der Waals surface area contributed by atoms with E-state index in [1.54, 1.807) is 0 Å². The van der Waals surface area contributed by atoms with E-state index in [4.69, 9.17) is 0 Å². The Labute approximate surface area is 117 Å². The summed E-state index contributed by atoms with van der Waals surface area (Å²) in [4.78, 5) is 0. The summed E-state index contributed by atoms with van der Waals surface area (Å²) in [5.41, 5.74) is 0. The molecule has 7 heavy (non-hydrogen) atoms. The Morgan fingerprint density at radius 1 is 0.429 bits per heavy atom. The quantitative estimate of drug-likeness (QED) is 0.439. The van der Waals surface area contributed by atoms with Crippen LogP contribution in [0.4, 0.5) is 0 Å². The molecule has 0 rings (SSSR count). The molecule has 0 unspecified atom stereocenters. The second kappa shape index (κ2) is 62.6. The smallest absolute Gasteiger partial charge is 0.870 e. The Kier molecular flexibility index (Phi) is 785. The number of rotatable bonds is 0. The molecule has 0 amide bonds. The van der Waals surface area contributed by atoms with Crippen molar-refractivity contribution in [3.8, 4) is 0 Å². The van der Waals surface area contributed by atoms with Crippen LogP contribution in [0.25, 0.3) is 0 Å². The molecule has 0 aliphatic heterocycles. The van der Waals surface area contributed by atoms with Crippen LogP contribution in [0.1, 0.15) is 0 Å². The summed E-state index contributed by atoms with van der Waals surface area (Å²) in [6, 6.07) is 0. The molecule has 7 heteroatoms. The third-order valence-corrected chi connectivity index (χ3v) is 0. The molecule has 0 aromatic rings. The van der Waals surface area contributed by atoms with Crippen molar-refractivity contribution in [2.75, 3.05) is 0 Å². The molecule has 36 valence electrons. The molecule has 0 fully saturated rings. The van der Waals surface area contributed by atoms with Gasteiger partial charge in [-0.3, -0.25) is 0 Å². The number of hydrogen-bond acceptors (Lipinski definition) is 4. The molecule has 0 aromatic heterocycles. The van der Waals surface area contributed by atoms with Crippen molar-refractivity contribution >= 4 is 75.5 Å². The van der Waals surface area contributed by atoms with Gasteiger partial charge in [-0.2, -0.15) is 0 Å². The van der Waals surface area contributed by atoms with E-state index in [0.29, 0.717) is 0 Å². The zero-order valence-electron chi connectivity index (χ0n) is 3.70. The summed E-state index contributed by atoms with van der Waals surface area (Å²) in [5.74, 6) is 0. The van der Waals surface area contributed by atoms with Gasteiger partial charge in [0.15, 0.2) is 0 Å². The van der Waals surface area contributed by atoms with Crippen LogP contribution in [0.3, 0.4) is 0 Å². The van der Waals surface area contributed by atoms with E-state index in [1.807, 2.05) is 0 Å². The molecule has 0 saturated heterocycles. The Bertz CT molecular complexity index is 9.65. The molecule has 0 bridgehead atoms. The van der Waals surface area contributed by atoms with E-state index in [-0.39, 0.29) is 119 Å². The van der Waals surface area contributed by atoms with Gasteiger partial charge in [0.2, 0.25) is 0 Å². The van der Waals surface area contributed by atoms with Gasteiger partial charge < -0.3 is 21.9 Å². The van der Waals surface area contributed by atoms with Crippen molar-refractivity contribution < 1.29 is 43.6 Å². The summed E-state index contributed by atoms with van der Waals surface area (Å²) in [6.45, 7) is 0. The molecule has 4 N–H and O–H groups in total. The van der Waals surface area contributed by atoms with Gasteiger partial charge >= 0.3 is 75.5 Å². The van der Waals surface area contributed by atoms with Crippen molar-refractivity contribution in [1.82, 2.24) is 0 Å². The molecule has 0 aliphatic rings. The SMILES string of the molecule is [Ca+2].[Ca+2].[OH-].[OH-].[OH-].[OH-].[Ti]. The Morgan fingerprint density at radius 2 is 0.429 bits per heavy atom. The fourth-order valence-electron chi connectivity index (χ4n) is 0. The third-order valence-electron chi connectivity index (χ3n) is 0. The molecule has 0 spiro atoms. The van der Waals surface area contributed by atoms with E-state index >= 15 is 0 Å². The normalized spacial score (nSPS) is 0. The summed E-state index contributed by atoms with van der Waals surface area (Å²) in [7, 11) is 0. The minimum atomic E-state index is 0. The predicted octanol–water partition coefficient (Wildman–Crippen LogP) is -1.47. The van der Waals surface area contributed by atoms with Gasteiger partial charge in [-0.15, -0.1) is 0 Å². The van der Waals surface area contributed by atoms with Crippen LogP contribution in [0.15, 0.2) is 0 Å². The molecule has 0 aromatic carbocycles. The average molecular weight is 196 g/mol. The first-order valence-corrected chi connectivity index (χ1v) is 0. The van der Waals surface area contributed by atoms with E-state index in [0.717, 1.165) is 0 Å². The van der Waals surface area contributed by atoms with Crippen molar-refractivity contribution in [1.29, 1.82) is 0 Å². The molecule has 0 radical (unpaired) electrons. The first-order chi connectivity index (χ1) is 0. The minimum Gasteiger partial charge on any atom is -0.870 e. The van der Waals surface area contributed by atoms with Gasteiger partial charge in [-0.05, 0) is 0 Å². The Hall–Kier alpha value is 3.07. The first kappa shape index (κ1) is 87.8. The standard InChI is InChI=1S/2Ca.4H2O.Ti/h;;4*1H2;/q2*+2;;;;;/p-4. The van der Waals surface area contributed by atoms with Crippen LogP contribution in [-0.4, -0.2) is 97.4 Å². The van der Waals surface area contributed by atoms with E-state index in [2.05, 4.69) is 0 Å². The fraction of sp³-hybridized carbons (Fsp3) is 0. The zero-order chi connectivity index (χ0) is 0. The van der Waals surface area contributed by atoms with Gasteiger partial charge in [0.25, 0.3) is 0 Å². The zero-order valence-corrected chi connectivity index (χ0v) is 9.68. The van der Waals surface area contributed by atoms with E-state index in [1.165, 1.54) is 0 Å². The van der Waals surface area contributed by atoms with Crippen LogP contribution in [0.2, 0.25) is 0 Å². The summed E-state index contributed by atoms with van der Waals surface area (Å²) >= 11 is 0. The van der Waals surface area contributed by atoms with Crippen LogP contribution < -0.4 is 0 Å². The molecular weight excluding hydrogens is 192 g/mol. The van der Waals surface area contributed by atoms with Crippen molar-refractivity contribution in [3.63, 3.8) is 0 Å².